The second kappa shape index (κ2) is 9.89. The minimum atomic E-state index is -0.703. The van der Waals surface area contributed by atoms with E-state index in [2.05, 4.69) is 13.0 Å². The van der Waals surface area contributed by atoms with Crippen LogP contribution in [0.3, 0.4) is 0 Å². The van der Waals surface area contributed by atoms with Crippen molar-refractivity contribution in [2.75, 3.05) is 0 Å². The van der Waals surface area contributed by atoms with Gasteiger partial charge in [-0.2, -0.15) is 0 Å². The molecule has 0 aromatic heterocycles. The average Bonchev–Trinajstić information content (AvgIpc) is 2.76. The van der Waals surface area contributed by atoms with E-state index in [1.54, 1.807) is 6.07 Å². The molecular formula is C28H31F3. The van der Waals surface area contributed by atoms with Crippen molar-refractivity contribution in [2.45, 2.75) is 70.6 Å². The van der Waals surface area contributed by atoms with E-state index in [4.69, 9.17) is 0 Å². The van der Waals surface area contributed by atoms with E-state index in [-0.39, 0.29) is 11.1 Å². The molecule has 31 heavy (non-hydrogen) atoms. The Morgan fingerprint density at radius 3 is 2.23 bits per heavy atom. The Labute approximate surface area is 183 Å². The van der Waals surface area contributed by atoms with Gasteiger partial charge in [-0.15, -0.1) is 0 Å². The summed E-state index contributed by atoms with van der Waals surface area (Å²) in [5, 5.41) is 1.34. The number of benzene rings is 3. The van der Waals surface area contributed by atoms with E-state index in [0.29, 0.717) is 11.3 Å². The number of rotatable bonds is 7. The van der Waals surface area contributed by atoms with Gasteiger partial charge in [0.2, 0.25) is 0 Å². The summed E-state index contributed by atoms with van der Waals surface area (Å²) in [6.07, 6.45) is 11.7. The van der Waals surface area contributed by atoms with Crippen LogP contribution in [0.25, 0.3) is 21.9 Å². The van der Waals surface area contributed by atoms with Crippen molar-refractivity contribution in [1.29, 1.82) is 0 Å². The van der Waals surface area contributed by atoms with Crippen molar-refractivity contribution in [2.24, 2.45) is 5.92 Å². The molecular weight excluding hydrogens is 393 g/mol. The molecule has 0 heterocycles. The van der Waals surface area contributed by atoms with Crippen LogP contribution in [0.5, 0.6) is 0 Å². The molecule has 1 saturated carbocycles. The summed E-state index contributed by atoms with van der Waals surface area (Å²) >= 11 is 0. The highest BCUT2D eigenvalue weighted by molar-refractivity contribution is 5.89. The lowest BCUT2D eigenvalue weighted by molar-refractivity contribution is 0.302. The average molecular weight is 425 g/mol. The van der Waals surface area contributed by atoms with Crippen LogP contribution in [-0.2, 0) is 0 Å². The lowest BCUT2D eigenvalue weighted by atomic mass is 9.76. The summed E-state index contributed by atoms with van der Waals surface area (Å²) in [6.45, 7) is 2.25. The van der Waals surface area contributed by atoms with Gasteiger partial charge in [0, 0.05) is 17.0 Å². The molecule has 0 spiro atoms. The van der Waals surface area contributed by atoms with Crippen LogP contribution in [0.4, 0.5) is 13.2 Å². The summed E-state index contributed by atoms with van der Waals surface area (Å²) in [5.74, 6) is -0.432. The Hall–Kier alpha value is -2.29. The highest BCUT2D eigenvalue weighted by atomic mass is 19.1. The summed E-state index contributed by atoms with van der Waals surface area (Å²) in [7, 11) is 0. The summed E-state index contributed by atoms with van der Waals surface area (Å²) in [4.78, 5) is 0. The minimum Gasteiger partial charge on any atom is -0.207 e. The molecule has 1 fully saturated rings. The summed E-state index contributed by atoms with van der Waals surface area (Å²) in [5.41, 5.74) is 1.72. The maximum atomic E-state index is 15.2. The van der Waals surface area contributed by atoms with Crippen LogP contribution in [0.15, 0.2) is 48.5 Å². The second-order valence-electron chi connectivity index (χ2n) is 9.13. The van der Waals surface area contributed by atoms with Crippen LogP contribution < -0.4 is 0 Å². The van der Waals surface area contributed by atoms with Gasteiger partial charge in [0.05, 0.1) is 0 Å². The molecule has 1 aliphatic rings. The second-order valence-corrected chi connectivity index (χ2v) is 9.13. The number of unbranched alkanes of at least 4 members (excludes halogenated alkanes) is 3. The van der Waals surface area contributed by atoms with E-state index in [0.717, 1.165) is 17.4 Å². The third kappa shape index (κ3) is 5.14. The van der Waals surface area contributed by atoms with E-state index in [9.17, 15) is 8.78 Å². The third-order valence-electron chi connectivity index (χ3n) is 6.94. The Morgan fingerprint density at radius 2 is 1.52 bits per heavy atom. The molecule has 0 unspecified atom stereocenters. The van der Waals surface area contributed by atoms with Gasteiger partial charge >= 0.3 is 0 Å². The Kier molecular flexibility index (Phi) is 6.99. The minimum absolute atomic E-state index is 0.221. The van der Waals surface area contributed by atoms with Gasteiger partial charge in [0.15, 0.2) is 0 Å². The first-order chi connectivity index (χ1) is 15.0. The molecule has 3 aromatic carbocycles. The fraction of sp³-hybridized carbons (Fsp3) is 0.429. The van der Waals surface area contributed by atoms with Crippen LogP contribution in [0.2, 0.25) is 0 Å². The number of hydrogen-bond donors (Lipinski definition) is 0. The SMILES string of the molecule is CCCCCCC1CCC(c2ccc3c(F)c(-c4cc(F)cc(F)c4)ccc3c2)CC1. The number of halogens is 3. The quantitative estimate of drug-likeness (QED) is 0.332. The van der Waals surface area contributed by atoms with Crippen LogP contribution in [-0.4, -0.2) is 0 Å². The first kappa shape index (κ1) is 21.9. The fourth-order valence-electron chi connectivity index (χ4n) is 5.14. The lowest BCUT2D eigenvalue weighted by Gasteiger charge is -2.29. The maximum Gasteiger partial charge on any atom is 0.138 e. The molecule has 164 valence electrons. The zero-order valence-corrected chi connectivity index (χ0v) is 18.3. The third-order valence-corrected chi connectivity index (χ3v) is 6.94. The molecule has 0 nitrogen and oxygen atoms in total. The van der Waals surface area contributed by atoms with E-state index in [1.165, 1.54) is 75.5 Å². The van der Waals surface area contributed by atoms with Gasteiger partial charge in [-0.3, -0.25) is 0 Å². The largest absolute Gasteiger partial charge is 0.207 e. The molecule has 3 aromatic rings. The smallest absolute Gasteiger partial charge is 0.138 e. The number of hydrogen-bond acceptors (Lipinski definition) is 0. The molecule has 0 bridgehead atoms. The van der Waals surface area contributed by atoms with Crippen LogP contribution in [0.1, 0.15) is 76.2 Å². The van der Waals surface area contributed by atoms with Crippen molar-refractivity contribution in [3.63, 3.8) is 0 Å². The van der Waals surface area contributed by atoms with Crippen molar-refractivity contribution < 1.29 is 13.2 Å². The van der Waals surface area contributed by atoms with Crippen molar-refractivity contribution in [3.8, 4) is 11.1 Å². The van der Waals surface area contributed by atoms with Crippen LogP contribution in [0, 0.1) is 23.4 Å². The standard InChI is InChI=1S/C28H31F3/c1-2-3-4-5-6-19-7-9-20(10-8-19)21-11-13-26-22(15-21)12-14-27(28(26)31)23-16-24(29)18-25(30)17-23/h11-20H,2-10H2,1H3. The molecule has 1 aliphatic carbocycles. The molecule has 0 radical (unpaired) electrons. The molecule has 0 amide bonds. The Morgan fingerprint density at radius 1 is 0.774 bits per heavy atom. The van der Waals surface area contributed by atoms with E-state index in [1.807, 2.05) is 18.2 Å². The number of fused-ring (bicyclic) bond motifs is 1. The van der Waals surface area contributed by atoms with Crippen molar-refractivity contribution >= 4 is 10.8 Å². The Balaban J connectivity index is 1.48. The normalized spacial score (nSPS) is 19.1. The van der Waals surface area contributed by atoms with Gasteiger partial charge in [0.25, 0.3) is 0 Å². The van der Waals surface area contributed by atoms with Crippen molar-refractivity contribution in [1.82, 2.24) is 0 Å². The zero-order valence-electron chi connectivity index (χ0n) is 18.3. The van der Waals surface area contributed by atoms with Crippen LogP contribution >= 0.6 is 0 Å². The summed E-state index contributed by atoms with van der Waals surface area (Å²) < 4.78 is 42.3. The fourth-order valence-corrected chi connectivity index (χ4v) is 5.14. The molecule has 0 saturated heterocycles. The predicted octanol–water partition coefficient (Wildman–Crippen LogP) is 9.17. The molecule has 0 atom stereocenters. The summed E-state index contributed by atoms with van der Waals surface area (Å²) in [6, 6.07) is 12.6. The van der Waals surface area contributed by atoms with Gasteiger partial charge in [-0.05, 0) is 66.2 Å². The molecule has 0 aliphatic heterocycles. The first-order valence-electron chi connectivity index (χ1n) is 11.7. The van der Waals surface area contributed by atoms with E-state index >= 15 is 4.39 Å². The maximum absolute atomic E-state index is 15.2. The molecule has 4 rings (SSSR count). The predicted molar refractivity (Wildman–Crippen MR) is 123 cm³/mol. The van der Waals surface area contributed by atoms with Gasteiger partial charge in [0.1, 0.15) is 17.5 Å². The zero-order chi connectivity index (χ0) is 21.8. The first-order valence-corrected chi connectivity index (χ1v) is 11.7. The topological polar surface area (TPSA) is 0 Å². The highest BCUT2D eigenvalue weighted by Crippen LogP contribution is 2.39. The lowest BCUT2D eigenvalue weighted by Crippen LogP contribution is -2.13. The van der Waals surface area contributed by atoms with Crippen molar-refractivity contribution in [3.05, 3.63) is 71.5 Å². The van der Waals surface area contributed by atoms with E-state index < -0.39 is 17.5 Å². The highest BCUT2D eigenvalue weighted by Gasteiger charge is 2.22. The van der Waals surface area contributed by atoms with Gasteiger partial charge in [-0.25, -0.2) is 13.2 Å². The van der Waals surface area contributed by atoms with Gasteiger partial charge in [-0.1, -0.05) is 69.4 Å². The molecule has 0 N–H and O–H groups in total. The Bertz CT molecular complexity index is 1010. The molecule has 3 heteroatoms. The monoisotopic (exact) mass is 424 g/mol. The van der Waals surface area contributed by atoms with Gasteiger partial charge < -0.3 is 0 Å².